The van der Waals surface area contributed by atoms with Gasteiger partial charge in [-0.15, -0.1) is 0 Å². The summed E-state index contributed by atoms with van der Waals surface area (Å²) in [6.45, 7) is 0.969. The standard InChI is InChI=1S/C11H10IN/c12-10-4-6-11(7-5-10)13-8-2-1-3-9-13/h1-8H,9H2. The van der Waals surface area contributed by atoms with Crippen LogP contribution in [0.2, 0.25) is 0 Å². The first-order valence-electron chi connectivity index (χ1n) is 4.22. The minimum Gasteiger partial charge on any atom is -0.344 e. The van der Waals surface area contributed by atoms with E-state index in [9.17, 15) is 0 Å². The van der Waals surface area contributed by atoms with Gasteiger partial charge < -0.3 is 4.90 Å². The molecule has 1 nitrogen and oxygen atoms in total. The Labute approximate surface area is 91.9 Å². The van der Waals surface area contributed by atoms with E-state index in [0.29, 0.717) is 0 Å². The Hall–Kier alpha value is -0.770. The van der Waals surface area contributed by atoms with Gasteiger partial charge in [-0.1, -0.05) is 12.2 Å². The Morgan fingerprint density at radius 1 is 1.08 bits per heavy atom. The maximum atomic E-state index is 2.32. The zero-order valence-electron chi connectivity index (χ0n) is 7.15. The van der Waals surface area contributed by atoms with Crippen LogP contribution in [0.1, 0.15) is 0 Å². The van der Waals surface area contributed by atoms with Crippen molar-refractivity contribution in [2.45, 2.75) is 0 Å². The van der Waals surface area contributed by atoms with E-state index in [1.165, 1.54) is 9.26 Å². The molecule has 13 heavy (non-hydrogen) atoms. The number of halogens is 1. The molecule has 0 aromatic heterocycles. The minimum absolute atomic E-state index is 0.969. The molecular weight excluding hydrogens is 273 g/mol. The fourth-order valence-corrected chi connectivity index (χ4v) is 1.65. The lowest BCUT2D eigenvalue weighted by Crippen LogP contribution is -2.17. The van der Waals surface area contributed by atoms with Crippen LogP contribution in [0.25, 0.3) is 0 Å². The van der Waals surface area contributed by atoms with E-state index in [0.717, 1.165) is 6.54 Å². The quantitative estimate of drug-likeness (QED) is 0.715. The lowest BCUT2D eigenvalue weighted by atomic mass is 10.2. The normalized spacial score (nSPS) is 15.0. The third-order valence-corrected chi connectivity index (χ3v) is 2.69. The van der Waals surface area contributed by atoms with Crippen molar-refractivity contribution >= 4 is 28.3 Å². The molecule has 1 heterocycles. The molecule has 2 rings (SSSR count). The summed E-state index contributed by atoms with van der Waals surface area (Å²) in [6.07, 6.45) is 8.38. The lowest BCUT2D eigenvalue weighted by Gasteiger charge is -2.20. The Morgan fingerprint density at radius 3 is 2.46 bits per heavy atom. The molecule has 1 aliphatic rings. The monoisotopic (exact) mass is 283 g/mol. The Bertz CT molecular complexity index is 338. The first kappa shape index (κ1) is 8.81. The second kappa shape index (κ2) is 3.96. The molecule has 0 unspecified atom stereocenters. The maximum Gasteiger partial charge on any atom is 0.0409 e. The molecule has 0 amide bonds. The molecule has 0 spiro atoms. The summed E-state index contributed by atoms with van der Waals surface area (Å²) in [5.74, 6) is 0. The zero-order chi connectivity index (χ0) is 9.10. The predicted octanol–water partition coefficient (Wildman–Crippen LogP) is 3.18. The van der Waals surface area contributed by atoms with Crippen LogP contribution in [0, 0.1) is 3.57 Å². The SMILES string of the molecule is Ic1ccc(N2C=CC=CC2)cc1. The third kappa shape index (κ3) is 2.12. The van der Waals surface area contributed by atoms with Crippen molar-refractivity contribution in [3.05, 3.63) is 52.3 Å². The van der Waals surface area contributed by atoms with Gasteiger partial charge in [0.25, 0.3) is 0 Å². The molecule has 0 saturated carbocycles. The molecule has 0 atom stereocenters. The van der Waals surface area contributed by atoms with E-state index >= 15 is 0 Å². The average molecular weight is 283 g/mol. The van der Waals surface area contributed by atoms with Crippen molar-refractivity contribution in [3.8, 4) is 0 Å². The molecule has 66 valence electrons. The van der Waals surface area contributed by atoms with Crippen LogP contribution in [-0.4, -0.2) is 6.54 Å². The van der Waals surface area contributed by atoms with E-state index in [-0.39, 0.29) is 0 Å². The molecule has 0 N–H and O–H groups in total. The zero-order valence-corrected chi connectivity index (χ0v) is 9.31. The Balaban J connectivity index is 2.21. The third-order valence-electron chi connectivity index (χ3n) is 1.97. The largest absolute Gasteiger partial charge is 0.344 e. The van der Waals surface area contributed by atoms with Crippen molar-refractivity contribution in [1.82, 2.24) is 0 Å². The van der Waals surface area contributed by atoms with Crippen molar-refractivity contribution < 1.29 is 0 Å². The molecule has 0 fully saturated rings. The highest BCUT2D eigenvalue weighted by molar-refractivity contribution is 14.1. The summed E-state index contributed by atoms with van der Waals surface area (Å²) in [6, 6.07) is 8.54. The molecule has 0 bridgehead atoms. The summed E-state index contributed by atoms with van der Waals surface area (Å²) < 4.78 is 1.28. The highest BCUT2D eigenvalue weighted by atomic mass is 127. The first-order chi connectivity index (χ1) is 6.36. The molecule has 0 aliphatic carbocycles. The van der Waals surface area contributed by atoms with Gasteiger partial charge in [-0.2, -0.15) is 0 Å². The number of hydrogen-bond donors (Lipinski definition) is 0. The van der Waals surface area contributed by atoms with Gasteiger partial charge in [0.1, 0.15) is 0 Å². The van der Waals surface area contributed by atoms with Crippen LogP contribution >= 0.6 is 22.6 Å². The van der Waals surface area contributed by atoms with Gasteiger partial charge in [0, 0.05) is 22.0 Å². The number of nitrogens with zero attached hydrogens (tertiary/aromatic N) is 1. The predicted molar refractivity (Wildman–Crippen MR) is 64.8 cm³/mol. The fraction of sp³-hybridized carbons (Fsp3) is 0.0909. The molecular formula is C11H10IN. The van der Waals surface area contributed by atoms with Crippen LogP contribution in [0.3, 0.4) is 0 Å². The van der Waals surface area contributed by atoms with E-state index in [1.54, 1.807) is 0 Å². The van der Waals surface area contributed by atoms with Gasteiger partial charge in [0.15, 0.2) is 0 Å². The maximum absolute atomic E-state index is 2.32. The van der Waals surface area contributed by atoms with Gasteiger partial charge in [0.2, 0.25) is 0 Å². The van der Waals surface area contributed by atoms with Gasteiger partial charge in [0.05, 0.1) is 0 Å². The van der Waals surface area contributed by atoms with Crippen LogP contribution < -0.4 is 4.90 Å². The van der Waals surface area contributed by atoms with Gasteiger partial charge in [-0.3, -0.25) is 0 Å². The van der Waals surface area contributed by atoms with E-state index in [1.807, 2.05) is 0 Å². The van der Waals surface area contributed by atoms with Crippen LogP contribution in [0.5, 0.6) is 0 Å². The summed E-state index contributed by atoms with van der Waals surface area (Å²) in [4.78, 5) is 2.22. The van der Waals surface area contributed by atoms with Gasteiger partial charge in [-0.25, -0.2) is 0 Å². The number of allylic oxidation sites excluding steroid dienone is 2. The summed E-state index contributed by atoms with van der Waals surface area (Å²) >= 11 is 2.32. The minimum atomic E-state index is 0.969. The topological polar surface area (TPSA) is 3.24 Å². The molecule has 2 heteroatoms. The Morgan fingerprint density at radius 2 is 1.85 bits per heavy atom. The lowest BCUT2D eigenvalue weighted by molar-refractivity contribution is 1.07. The van der Waals surface area contributed by atoms with Crippen molar-refractivity contribution in [1.29, 1.82) is 0 Å². The highest BCUT2D eigenvalue weighted by Gasteiger charge is 2.01. The fourth-order valence-electron chi connectivity index (χ4n) is 1.29. The highest BCUT2D eigenvalue weighted by Crippen LogP contribution is 2.17. The smallest absolute Gasteiger partial charge is 0.0409 e. The van der Waals surface area contributed by atoms with Crippen molar-refractivity contribution in [3.63, 3.8) is 0 Å². The van der Waals surface area contributed by atoms with E-state index in [4.69, 9.17) is 0 Å². The van der Waals surface area contributed by atoms with Gasteiger partial charge >= 0.3 is 0 Å². The number of benzene rings is 1. The van der Waals surface area contributed by atoms with Gasteiger partial charge in [-0.05, 0) is 52.9 Å². The average Bonchev–Trinajstić information content (AvgIpc) is 2.20. The molecule has 1 aromatic rings. The van der Waals surface area contributed by atoms with E-state index in [2.05, 4.69) is 76.2 Å². The molecule has 1 aromatic carbocycles. The number of rotatable bonds is 1. The van der Waals surface area contributed by atoms with Crippen molar-refractivity contribution in [2.24, 2.45) is 0 Å². The van der Waals surface area contributed by atoms with E-state index < -0.39 is 0 Å². The Kier molecular flexibility index (Phi) is 2.68. The van der Waals surface area contributed by atoms with Crippen LogP contribution in [-0.2, 0) is 0 Å². The van der Waals surface area contributed by atoms with Crippen LogP contribution in [0.4, 0.5) is 5.69 Å². The second-order valence-corrected chi connectivity index (χ2v) is 4.14. The number of hydrogen-bond acceptors (Lipinski definition) is 1. The van der Waals surface area contributed by atoms with Crippen LogP contribution in [0.15, 0.2) is 48.7 Å². The molecule has 0 radical (unpaired) electrons. The summed E-state index contributed by atoms with van der Waals surface area (Å²) in [7, 11) is 0. The molecule has 0 saturated heterocycles. The summed E-state index contributed by atoms with van der Waals surface area (Å²) in [5, 5.41) is 0. The molecule has 1 aliphatic heterocycles. The number of anilines is 1. The summed E-state index contributed by atoms with van der Waals surface area (Å²) in [5.41, 5.74) is 1.25. The first-order valence-corrected chi connectivity index (χ1v) is 5.30. The van der Waals surface area contributed by atoms with Crippen molar-refractivity contribution in [2.75, 3.05) is 11.4 Å². The second-order valence-electron chi connectivity index (χ2n) is 2.90.